The highest BCUT2D eigenvalue weighted by Gasteiger charge is 2.50. The molecule has 0 saturated heterocycles. The van der Waals surface area contributed by atoms with Crippen molar-refractivity contribution in [1.82, 2.24) is 5.32 Å². The van der Waals surface area contributed by atoms with Crippen molar-refractivity contribution in [3.63, 3.8) is 0 Å². The van der Waals surface area contributed by atoms with Crippen LogP contribution in [-0.4, -0.2) is 30.2 Å². The molecule has 21 heavy (non-hydrogen) atoms. The molecule has 5 nitrogen and oxygen atoms in total. The molecular formula is C16H20N2O3. The van der Waals surface area contributed by atoms with Gasteiger partial charge in [0.1, 0.15) is 0 Å². The number of aliphatic carboxylic acids is 1. The number of amides is 2. The van der Waals surface area contributed by atoms with Gasteiger partial charge in [0.05, 0.1) is 5.41 Å². The van der Waals surface area contributed by atoms with Crippen molar-refractivity contribution in [1.29, 1.82) is 0 Å². The molecule has 1 aromatic carbocycles. The molecule has 5 heteroatoms. The number of hydrogen-bond donors (Lipinski definition) is 2. The first-order chi connectivity index (χ1) is 10.0. The molecule has 1 heterocycles. The van der Waals surface area contributed by atoms with Gasteiger partial charge in [-0.1, -0.05) is 25.1 Å². The Morgan fingerprint density at radius 2 is 2.10 bits per heavy atom. The summed E-state index contributed by atoms with van der Waals surface area (Å²) in [6, 6.07) is 7.71. The van der Waals surface area contributed by atoms with Crippen molar-refractivity contribution in [2.75, 3.05) is 18.0 Å². The lowest BCUT2D eigenvalue weighted by molar-refractivity contribution is -0.143. The Balaban J connectivity index is 1.72. The third kappa shape index (κ3) is 2.60. The maximum atomic E-state index is 12.4. The van der Waals surface area contributed by atoms with Gasteiger partial charge in [0.15, 0.2) is 0 Å². The number of nitrogens with one attached hydrogen (secondary N) is 1. The van der Waals surface area contributed by atoms with Crippen molar-refractivity contribution in [3.05, 3.63) is 29.8 Å². The van der Waals surface area contributed by atoms with Gasteiger partial charge >= 0.3 is 12.0 Å². The Kier molecular flexibility index (Phi) is 3.35. The Hall–Kier alpha value is -2.04. The van der Waals surface area contributed by atoms with Gasteiger partial charge in [-0.15, -0.1) is 0 Å². The molecule has 0 spiro atoms. The lowest BCUT2D eigenvalue weighted by atomic mass is 9.94. The van der Waals surface area contributed by atoms with Crippen molar-refractivity contribution in [2.24, 2.45) is 11.3 Å². The van der Waals surface area contributed by atoms with Gasteiger partial charge in [-0.05, 0) is 36.8 Å². The van der Waals surface area contributed by atoms with Gasteiger partial charge in [0, 0.05) is 18.8 Å². The van der Waals surface area contributed by atoms with E-state index in [1.165, 1.54) is 5.56 Å². The maximum Gasteiger partial charge on any atom is 0.321 e. The van der Waals surface area contributed by atoms with Crippen LogP contribution in [0.3, 0.4) is 0 Å². The number of carbonyl (C=O) groups excluding carboxylic acids is 1. The second-order valence-electron chi connectivity index (χ2n) is 6.29. The molecule has 1 aliphatic carbocycles. The van der Waals surface area contributed by atoms with E-state index in [1.807, 2.05) is 24.3 Å². The molecule has 1 saturated carbocycles. The van der Waals surface area contributed by atoms with E-state index < -0.39 is 11.4 Å². The first-order valence-corrected chi connectivity index (χ1v) is 7.38. The Labute approximate surface area is 123 Å². The molecule has 2 N–H and O–H groups in total. The molecule has 0 bridgehead atoms. The van der Waals surface area contributed by atoms with Gasteiger partial charge in [0.2, 0.25) is 0 Å². The topological polar surface area (TPSA) is 69.6 Å². The number of benzene rings is 1. The first-order valence-electron chi connectivity index (χ1n) is 7.38. The normalized spacial score (nSPS) is 22.3. The summed E-state index contributed by atoms with van der Waals surface area (Å²) in [6.07, 6.45) is 2.27. The standard InChI is InChI=1S/C16H20N2O3/c1-11-8-12-4-2-3-5-13(12)18(9-11)15(21)17-10-16(6-7-16)14(19)20/h2-5,11H,6-10H2,1H3,(H,17,21)(H,19,20). The lowest BCUT2D eigenvalue weighted by Gasteiger charge is -2.33. The molecule has 2 amide bonds. The minimum Gasteiger partial charge on any atom is -0.481 e. The van der Waals surface area contributed by atoms with E-state index >= 15 is 0 Å². The van der Waals surface area contributed by atoms with Crippen LogP contribution in [0.4, 0.5) is 10.5 Å². The number of carboxylic acid groups (broad SMARTS) is 1. The number of carboxylic acids is 1. The minimum atomic E-state index is -0.810. The van der Waals surface area contributed by atoms with Crippen molar-refractivity contribution >= 4 is 17.7 Å². The zero-order chi connectivity index (χ0) is 15.0. The number of anilines is 1. The van der Waals surface area contributed by atoms with E-state index in [9.17, 15) is 9.59 Å². The highest BCUT2D eigenvalue weighted by atomic mass is 16.4. The fourth-order valence-electron chi connectivity index (χ4n) is 2.95. The van der Waals surface area contributed by atoms with E-state index in [-0.39, 0.29) is 12.6 Å². The summed E-state index contributed by atoms with van der Waals surface area (Å²) in [5, 5.41) is 12.0. The molecular weight excluding hydrogens is 268 g/mol. The number of fused-ring (bicyclic) bond motifs is 1. The van der Waals surface area contributed by atoms with Crippen LogP contribution in [0.5, 0.6) is 0 Å². The summed E-state index contributed by atoms with van der Waals surface area (Å²) in [5.41, 5.74) is 1.38. The van der Waals surface area contributed by atoms with Crippen LogP contribution in [0.15, 0.2) is 24.3 Å². The van der Waals surface area contributed by atoms with E-state index in [2.05, 4.69) is 12.2 Å². The Morgan fingerprint density at radius 1 is 1.38 bits per heavy atom. The number of carbonyl (C=O) groups is 2. The number of nitrogens with zero attached hydrogens (tertiary/aromatic N) is 1. The highest BCUT2D eigenvalue weighted by Crippen LogP contribution is 2.45. The van der Waals surface area contributed by atoms with Crippen LogP contribution in [0, 0.1) is 11.3 Å². The molecule has 1 aromatic rings. The zero-order valence-electron chi connectivity index (χ0n) is 12.1. The van der Waals surface area contributed by atoms with Crippen molar-refractivity contribution in [2.45, 2.75) is 26.2 Å². The highest BCUT2D eigenvalue weighted by molar-refractivity contribution is 5.93. The van der Waals surface area contributed by atoms with Crippen molar-refractivity contribution < 1.29 is 14.7 Å². The summed E-state index contributed by atoms with van der Waals surface area (Å²) < 4.78 is 0. The molecule has 112 valence electrons. The summed E-state index contributed by atoms with van der Waals surface area (Å²) in [6.45, 7) is 3.01. The Morgan fingerprint density at radius 3 is 2.76 bits per heavy atom. The predicted octanol–water partition coefficient (Wildman–Crippen LogP) is 2.26. The van der Waals surface area contributed by atoms with Crippen LogP contribution >= 0.6 is 0 Å². The molecule has 1 unspecified atom stereocenters. The van der Waals surface area contributed by atoms with Gasteiger partial charge in [-0.3, -0.25) is 9.69 Å². The largest absolute Gasteiger partial charge is 0.481 e. The Bertz CT molecular complexity index is 581. The third-order valence-electron chi connectivity index (χ3n) is 4.48. The number of hydrogen-bond acceptors (Lipinski definition) is 2. The van der Waals surface area contributed by atoms with Gasteiger partial charge in [-0.2, -0.15) is 0 Å². The zero-order valence-corrected chi connectivity index (χ0v) is 12.1. The molecule has 1 aliphatic heterocycles. The number of rotatable bonds is 3. The average molecular weight is 288 g/mol. The maximum absolute atomic E-state index is 12.4. The molecule has 2 aliphatic rings. The smallest absolute Gasteiger partial charge is 0.321 e. The van der Waals surface area contributed by atoms with Gasteiger partial charge in [-0.25, -0.2) is 4.79 Å². The average Bonchev–Trinajstić information content (AvgIpc) is 3.25. The van der Waals surface area contributed by atoms with Gasteiger partial charge < -0.3 is 10.4 Å². The van der Waals surface area contributed by atoms with E-state index in [4.69, 9.17) is 5.11 Å². The van der Waals surface area contributed by atoms with Crippen LogP contribution in [0.1, 0.15) is 25.3 Å². The van der Waals surface area contributed by atoms with Crippen LogP contribution < -0.4 is 10.2 Å². The summed E-state index contributed by atoms with van der Waals surface area (Å²) in [4.78, 5) is 25.3. The number of urea groups is 1. The molecule has 0 radical (unpaired) electrons. The first kappa shape index (κ1) is 13.9. The molecule has 0 aromatic heterocycles. The summed E-state index contributed by atoms with van der Waals surface area (Å²) >= 11 is 0. The fourth-order valence-corrected chi connectivity index (χ4v) is 2.95. The monoisotopic (exact) mass is 288 g/mol. The predicted molar refractivity (Wildman–Crippen MR) is 79.4 cm³/mol. The van der Waals surface area contributed by atoms with E-state index in [0.717, 1.165) is 12.1 Å². The van der Waals surface area contributed by atoms with Gasteiger partial charge in [0.25, 0.3) is 0 Å². The summed E-state index contributed by atoms with van der Waals surface area (Å²) in [7, 11) is 0. The quantitative estimate of drug-likeness (QED) is 0.896. The minimum absolute atomic E-state index is 0.193. The molecule has 3 rings (SSSR count). The fraction of sp³-hybridized carbons (Fsp3) is 0.500. The van der Waals surface area contributed by atoms with E-state index in [1.54, 1.807) is 4.90 Å². The third-order valence-corrected chi connectivity index (χ3v) is 4.48. The molecule has 1 fully saturated rings. The lowest BCUT2D eigenvalue weighted by Crippen LogP contribution is -2.47. The van der Waals surface area contributed by atoms with Crippen LogP contribution in [0.2, 0.25) is 0 Å². The second kappa shape index (κ2) is 5.06. The SMILES string of the molecule is CC1Cc2ccccc2N(C(=O)NCC2(C(=O)O)CC2)C1. The second-order valence-corrected chi connectivity index (χ2v) is 6.29. The summed E-state index contributed by atoms with van der Waals surface area (Å²) in [5.74, 6) is -0.407. The van der Waals surface area contributed by atoms with E-state index in [0.29, 0.717) is 25.3 Å². The number of para-hydroxylation sites is 1. The van der Waals surface area contributed by atoms with Crippen LogP contribution in [0.25, 0.3) is 0 Å². The molecule has 1 atom stereocenters. The van der Waals surface area contributed by atoms with Crippen LogP contribution in [-0.2, 0) is 11.2 Å². The van der Waals surface area contributed by atoms with Crippen molar-refractivity contribution in [3.8, 4) is 0 Å².